The van der Waals surface area contributed by atoms with Gasteiger partial charge in [-0.05, 0) is 32.9 Å². The van der Waals surface area contributed by atoms with Gasteiger partial charge in [0.25, 0.3) is 0 Å². The first-order chi connectivity index (χ1) is 7.91. The Balaban J connectivity index is 3.27. The summed E-state index contributed by atoms with van der Waals surface area (Å²) in [4.78, 5) is 2.02. The number of hydrogen-bond acceptors (Lipinski definition) is 2. The van der Waals surface area contributed by atoms with Crippen molar-refractivity contribution < 1.29 is 9.50 Å². The second-order valence-electron chi connectivity index (χ2n) is 4.97. The predicted molar refractivity (Wildman–Crippen MR) is 69.6 cm³/mol. The molecule has 0 aliphatic carbocycles. The second kappa shape index (κ2) is 5.32. The topological polar surface area (TPSA) is 23.5 Å². The minimum atomic E-state index is -0.372. The number of aliphatic hydroxyl groups is 1. The van der Waals surface area contributed by atoms with E-state index in [2.05, 4.69) is 6.58 Å². The van der Waals surface area contributed by atoms with Gasteiger partial charge in [0.05, 0.1) is 6.61 Å². The van der Waals surface area contributed by atoms with Gasteiger partial charge in [-0.1, -0.05) is 12.1 Å². The van der Waals surface area contributed by atoms with Crippen molar-refractivity contribution in [2.75, 3.05) is 11.4 Å². The van der Waals surface area contributed by atoms with Crippen molar-refractivity contribution in [1.29, 1.82) is 0 Å². The molecule has 1 aromatic rings. The van der Waals surface area contributed by atoms with Crippen LogP contribution in [0.3, 0.4) is 0 Å². The molecule has 2 nitrogen and oxygen atoms in total. The fourth-order valence-corrected chi connectivity index (χ4v) is 1.82. The van der Waals surface area contributed by atoms with Gasteiger partial charge in [-0.25, -0.2) is 4.39 Å². The van der Waals surface area contributed by atoms with Gasteiger partial charge in [-0.2, -0.15) is 0 Å². The fourth-order valence-electron chi connectivity index (χ4n) is 1.82. The van der Waals surface area contributed by atoms with Crippen LogP contribution >= 0.6 is 0 Å². The normalized spacial score (nSPS) is 11.4. The molecule has 0 aliphatic heterocycles. The standard InChI is InChI=1S/C14H20FNO/c1-5-9-16(14(2,3)4)13-8-6-7-12(15)11(13)10-17/h5-8,17H,1,9-10H2,2-4H3. The Labute approximate surface area is 102 Å². The molecule has 0 unspecified atom stereocenters. The summed E-state index contributed by atoms with van der Waals surface area (Å²) >= 11 is 0. The van der Waals surface area contributed by atoms with E-state index in [4.69, 9.17) is 0 Å². The molecule has 0 aromatic heterocycles. The van der Waals surface area contributed by atoms with Crippen LogP contribution in [0.2, 0.25) is 0 Å². The van der Waals surface area contributed by atoms with Crippen LogP contribution in [0.4, 0.5) is 10.1 Å². The SMILES string of the molecule is C=CCN(c1cccc(F)c1CO)C(C)(C)C. The van der Waals surface area contributed by atoms with Gasteiger partial charge in [0, 0.05) is 23.3 Å². The van der Waals surface area contributed by atoms with Gasteiger partial charge in [0.1, 0.15) is 5.82 Å². The Kier molecular flexibility index (Phi) is 4.29. The summed E-state index contributed by atoms with van der Waals surface area (Å²) in [5.74, 6) is -0.372. The molecule has 0 aliphatic rings. The lowest BCUT2D eigenvalue weighted by atomic mass is 10.0. The van der Waals surface area contributed by atoms with Crippen LogP contribution < -0.4 is 4.90 Å². The largest absolute Gasteiger partial charge is 0.391 e. The molecule has 0 saturated heterocycles. The van der Waals surface area contributed by atoms with Crippen molar-refractivity contribution in [1.82, 2.24) is 0 Å². The molecule has 1 N–H and O–H groups in total. The number of anilines is 1. The Morgan fingerprint density at radius 2 is 2.06 bits per heavy atom. The molecule has 0 spiro atoms. The van der Waals surface area contributed by atoms with Gasteiger partial charge in [-0.15, -0.1) is 6.58 Å². The van der Waals surface area contributed by atoms with Gasteiger partial charge >= 0.3 is 0 Å². The molecule has 0 amide bonds. The molecule has 0 fully saturated rings. The molecule has 0 heterocycles. The van der Waals surface area contributed by atoms with Crippen LogP contribution in [-0.4, -0.2) is 17.2 Å². The third-order valence-corrected chi connectivity index (χ3v) is 2.66. The first-order valence-corrected chi connectivity index (χ1v) is 5.68. The summed E-state index contributed by atoms with van der Waals surface area (Å²) < 4.78 is 13.6. The molecule has 0 atom stereocenters. The van der Waals surface area contributed by atoms with Crippen LogP contribution in [0.1, 0.15) is 26.3 Å². The predicted octanol–water partition coefficient (Wildman–Crippen LogP) is 3.11. The molecule has 0 bridgehead atoms. The van der Waals surface area contributed by atoms with E-state index < -0.39 is 0 Å². The smallest absolute Gasteiger partial charge is 0.130 e. The highest BCUT2D eigenvalue weighted by molar-refractivity contribution is 5.56. The van der Waals surface area contributed by atoms with Gasteiger partial charge in [-0.3, -0.25) is 0 Å². The zero-order valence-corrected chi connectivity index (χ0v) is 10.7. The molecule has 94 valence electrons. The maximum atomic E-state index is 13.6. The lowest BCUT2D eigenvalue weighted by Gasteiger charge is -2.38. The molecular formula is C14H20FNO. The number of nitrogens with zero attached hydrogens (tertiary/aromatic N) is 1. The Bertz CT molecular complexity index is 396. The number of aliphatic hydroxyl groups excluding tert-OH is 1. The Morgan fingerprint density at radius 3 is 2.53 bits per heavy atom. The number of hydrogen-bond donors (Lipinski definition) is 1. The van der Waals surface area contributed by atoms with Crippen molar-refractivity contribution in [3.05, 3.63) is 42.2 Å². The molecule has 0 radical (unpaired) electrons. The van der Waals surface area contributed by atoms with E-state index in [9.17, 15) is 9.50 Å². The minimum absolute atomic E-state index is 0.161. The van der Waals surface area contributed by atoms with Crippen molar-refractivity contribution in [3.63, 3.8) is 0 Å². The summed E-state index contributed by atoms with van der Waals surface area (Å²) in [6.07, 6.45) is 1.78. The average Bonchev–Trinajstić information content (AvgIpc) is 2.24. The maximum absolute atomic E-state index is 13.6. The van der Waals surface area contributed by atoms with Crippen molar-refractivity contribution >= 4 is 5.69 Å². The van der Waals surface area contributed by atoms with E-state index in [1.54, 1.807) is 12.1 Å². The first kappa shape index (κ1) is 13.7. The quantitative estimate of drug-likeness (QED) is 0.813. The number of benzene rings is 1. The maximum Gasteiger partial charge on any atom is 0.130 e. The van der Waals surface area contributed by atoms with Crippen LogP contribution in [-0.2, 0) is 6.61 Å². The monoisotopic (exact) mass is 237 g/mol. The van der Waals surface area contributed by atoms with Gasteiger partial charge < -0.3 is 10.0 Å². The molecular weight excluding hydrogens is 217 g/mol. The fraction of sp³-hybridized carbons (Fsp3) is 0.429. The highest BCUT2D eigenvalue weighted by Gasteiger charge is 2.23. The summed E-state index contributed by atoms with van der Waals surface area (Å²) in [7, 11) is 0. The second-order valence-corrected chi connectivity index (χ2v) is 4.97. The summed E-state index contributed by atoms with van der Waals surface area (Å²) in [6.45, 7) is 10.2. The summed E-state index contributed by atoms with van der Waals surface area (Å²) in [5, 5.41) is 9.29. The molecule has 3 heteroatoms. The zero-order valence-electron chi connectivity index (χ0n) is 10.7. The van der Waals surface area contributed by atoms with Crippen LogP contribution in [0.25, 0.3) is 0 Å². The lowest BCUT2D eigenvalue weighted by molar-refractivity contribution is 0.275. The van der Waals surface area contributed by atoms with E-state index in [1.807, 2.05) is 31.7 Å². The van der Waals surface area contributed by atoms with Gasteiger partial charge in [0.15, 0.2) is 0 Å². The lowest BCUT2D eigenvalue weighted by Crippen LogP contribution is -2.42. The average molecular weight is 237 g/mol. The first-order valence-electron chi connectivity index (χ1n) is 5.68. The Morgan fingerprint density at radius 1 is 1.41 bits per heavy atom. The van der Waals surface area contributed by atoms with Crippen molar-refractivity contribution in [2.24, 2.45) is 0 Å². The third kappa shape index (κ3) is 3.07. The summed E-state index contributed by atoms with van der Waals surface area (Å²) in [6, 6.07) is 4.85. The van der Waals surface area contributed by atoms with E-state index in [-0.39, 0.29) is 18.0 Å². The highest BCUT2D eigenvalue weighted by Crippen LogP contribution is 2.29. The number of rotatable bonds is 4. The third-order valence-electron chi connectivity index (χ3n) is 2.66. The van der Waals surface area contributed by atoms with Crippen molar-refractivity contribution in [2.45, 2.75) is 32.9 Å². The highest BCUT2D eigenvalue weighted by atomic mass is 19.1. The van der Waals surface area contributed by atoms with Gasteiger partial charge in [0.2, 0.25) is 0 Å². The number of halogens is 1. The van der Waals surface area contributed by atoms with E-state index in [1.165, 1.54) is 6.07 Å². The Hall–Kier alpha value is -1.35. The van der Waals surface area contributed by atoms with E-state index >= 15 is 0 Å². The van der Waals surface area contributed by atoms with Crippen molar-refractivity contribution in [3.8, 4) is 0 Å². The molecule has 17 heavy (non-hydrogen) atoms. The molecule has 1 aromatic carbocycles. The minimum Gasteiger partial charge on any atom is -0.391 e. The molecule has 0 saturated carbocycles. The summed E-state index contributed by atoms with van der Waals surface area (Å²) in [5.41, 5.74) is 0.899. The zero-order chi connectivity index (χ0) is 13.1. The van der Waals surface area contributed by atoms with E-state index in [0.29, 0.717) is 12.1 Å². The van der Waals surface area contributed by atoms with Crippen LogP contribution in [0.15, 0.2) is 30.9 Å². The molecule has 1 rings (SSSR count). The van der Waals surface area contributed by atoms with E-state index in [0.717, 1.165) is 5.69 Å². The van der Waals surface area contributed by atoms with Crippen LogP contribution in [0.5, 0.6) is 0 Å². The van der Waals surface area contributed by atoms with Crippen LogP contribution in [0, 0.1) is 5.82 Å².